The van der Waals surface area contributed by atoms with Gasteiger partial charge in [0.15, 0.2) is 5.66 Å². The van der Waals surface area contributed by atoms with E-state index in [-0.39, 0.29) is 17.9 Å². The highest BCUT2D eigenvalue weighted by atomic mass is 16.7. The minimum absolute atomic E-state index is 0.0454. The van der Waals surface area contributed by atoms with Crippen molar-refractivity contribution < 1.29 is 9.63 Å². The fourth-order valence-corrected chi connectivity index (χ4v) is 5.36. The zero-order chi connectivity index (χ0) is 27.3. The number of aromatic nitrogens is 2. The summed E-state index contributed by atoms with van der Waals surface area (Å²) in [6, 6.07) is 10.7. The van der Waals surface area contributed by atoms with Crippen LogP contribution in [0.3, 0.4) is 0 Å². The molecule has 0 radical (unpaired) electrons. The predicted molar refractivity (Wildman–Crippen MR) is 144 cm³/mol. The van der Waals surface area contributed by atoms with Crippen molar-refractivity contribution in [1.82, 2.24) is 25.5 Å². The van der Waals surface area contributed by atoms with Gasteiger partial charge in [0.2, 0.25) is 11.8 Å². The SMILES string of the molecule is CN(C)C(=O)Cn1cc(C2=NC(C)(C(C)(c3ccc(C4=CC=C(N)NC4(C)C#N)cc3)C3CC3)NO2)cn1. The summed E-state index contributed by atoms with van der Waals surface area (Å²) in [5.74, 6) is 1.31. The number of hydroxylamine groups is 1. The van der Waals surface area contributed by atoms with Crippen LogP contribution in [0.15, 0.2) is 59.6 Å². The quantitative estimate of drug-likeness (QED) is 0.517. The third-order valence-corrected chi connectivity index (χ3v) is 8.13. The summed E-state index contributed by atoms with van der Waals surface area (Å²) in [4.78, 5) is 24.5. The second-order valence-corrected chi connectivity index (χ2v) is 11.0. The molecular weight excluding hydrogens is 480 g/mol. The molecule has 0 saturated heterocycles. The van der Waals surface area contributed by atoms with E-state index in [9.17, 15) is 10.1 Å². The molecule has 0 bridgehead atoms. The average Bonchev–Trinajstić information content (AvgIpc) is 3.52. The molecule has 1 fully saturated rings. The Labute approximate surface area is 222 Å². The molecule has 38 heavy (non-hydrogen) atoms. The molecule has 10 nitrogen and oxygen atoms in total. The molecule has 0 spiro atoms. The summed E-state index contributed by atoms with van der Waals surface area (Å²) >= 11 is 0. The van der Waals surface area contributed by atoms with Gasteiger partial charge in [-0.1, -0.05) is 37.3 Å². The summed E-state index contributed by atoms with van der Waals surface area (Å²) in [5.41, 5.74) is 10.8. The molecule has 4 N–H and O–H groups in total. The van der Waals surface area contributed by atoms with Crippen LogP contribution < -0.4 is 16.5 Å². The van der Waals surface area contributed by atoms with Gasteiger partial charge in [-0.15, -0.1) is 5.48 Å². The van der Waals surface area contributed by atoms with Crippen LogP contribution in [0.1, 0.15) is 50.3 Å². The van der Waals surface area contributed by atoms with Gasteiger partial charge in [0.1, 0.15) is 12.1 Å². The van der Waals surface area contributed by atoms with Crippen LogP contribution in [0.25, 0.3) is 5.57 Å². The van der Waals surface area contributed by atoms with E-state index in [2.05, 4.69) is 60.1 Å². The van der Waals surface area contributed by atoms with Gasteiger partial charge in [0, 0.05) is 25.7 Å². The van der Waals surface area contributed by atoms with Crippen LogP contribution in [0.2, 0.25) is 0 Å². The van der Waals surface area contributed by atoms with E-state index in [0.717, 1.165) is 29.5 Å². The Morgan fingerprint density at radius 2 is 1.97 bits per heavy atom. The lowest BCUT2D eigenvalue weighted by Crippen LogP contribution is -2.54. The maximum Gasteiger partial charge on any atom is 0.245 e. The smallest absolute Gasteiger partial charge is 0.245 e. The number of hydrogen-bond acceptors (Lipinski definition) is 8. The first-order valence-electron chi connectivity index (χ1n) is 12.7. The zero-order valence-electron chi connectivity index (χ0n) is 22.4. The number of nitrogens with one attached hydrogen (secondary N) is 2. The number of nitriles is 1. The third kappa shape index (κ3) is 4.23. The van der Waals surface area contributed by atoms with Crippen molar-refractivity contribution in [3.8, 4) is 6.07 Å². The lowest BCUT2D eigenvalue weighted by molar-refractivity contribution is -0.129. The topological polar surface area (TPSA) is 134 Å². The molecule has 3 unspecified atom stereocenters. The maximum absolute atomic E-state index is 12.1. The van der Waals surface area contributed by atoms with E-state index in [1.165, 1.54) is 4.90 Å². The lowest BCUT2D eigenvalue weighted by Gasteiger charge is -2.42. The van der Waals surface area contributed by atoms with Gasteiger partial charge >= 0.3 is 0 Å². The minimum atomic E-state index is -0.909. The van der Waals surface area contributed by atoms with Crippen molar-refractivity contribution in [1.29, 1.82) is 5.26 Å². The highest BCUT2D eigenvalue weighted by Gasteiger charge is 2.57. The maximum atomic E-state index is 12.1. The number of likely N-dealkylation sites (N-methyl/N-ethyl adjacent to an activating group) is 1. The molecule has 1 saturated carbocycles. The fraction of sp³-hybridized carbons (Fsp3) is 0.429. The summed E-state index contributed by atoms with van der Waals surface area (Å²) < 4.78 is 1.59. The van der Waals surface area contributed by atoms with Crippen LogP contribution in [-0.2, 0) is 21.6 Å². The molecule has 2 aromatic rings. The monoisotopic (exact) mass is 514 g/mol. The van der Waals surface area contributed by atoms with E-state index in [1.54, 1.807) is 37.2 Å². The van der Waals surface area contributed by atoms with E-state index < -0.39 is 11.2 Å². The molecule has 3 atom stereocenters. The molecule has 3 aliphatic rings. The van der Waals surface area contributed by atoms with Crippen LogP contribution in [0, 0.1) is 17.2 Å². The minimum Gasteiger partial charge on any atom is -0.386 e. The summed E-state index contributed by atoms with van der Waals surface area (Å²) in [7, 11) is 3.44. The number of amides is 1. The van der Waals surface area contributed by atoms with Gasteiger partial charge in [-0.3, -0.25) is 9.48 Å². The van der Waals surface area contributed by atoms with E-state index >= 15 is 0 Å². The van der Waals surface area contributed by atoms with Crippen LogP contribution in [0.5, 0.6) is 0 Å². The molecule has 1 aromatic carbocycles. The lowest BCUT2D eigenvalue weighted by atomic mass is 9.68. The molecule has 1 amide bonds. The summed E-state index contributed by atoms with van der Waals surface area (Å²) in [5, 5.41) is 17.2. The number of allylic oxidation sites excluding steroid dienone is 2. The van der Waals surface area contributed by atoms with Crippen molar-refractivity contribution in [2.45, 2.75) is 56.8 Å². The standard InChI is InChI=1S/C28H34N8O2/c1-26(17-29)22(12-13-23(30)32-26)18-6-8-20(9-7-18)27(2,21-10-11-21)28(3)33-25(38-34-28)19-14-31-36(15-19)16-24(37)35(4)5/h6-9,12-15,21,32,34H,10-11,16,30H2,1-5H3. The highest BCUT2D eigenvalue weighted by molar-refractivity contribution is 5.94. The van der Waals surface area contributed by atoms with Crippen molar-refractivity contribution >= 4 is 17.4 Å². The Bertz CT molecular complexity index is 1390. The predicted octanol–water partition coefficient (Wildman–Crippen LogP) is 2.41. The number of dihydropyridines is 1. The largest absolute Gasteiger partial charge is 0.386 e. The van der Waals surface area contributed by atoms with Gasteiger partial charge in [0.05, 0.1) is 23.7 Å². The molecule has 2 aliphatic heterocycles. The Morgan fingerprint density at radius 1 is 1.26 bits per heavy atom. The van der Waals surface area contributed by atoms with E-state index in [0.29, 0.717) is 23.2 Å². The summed E-state index contributed by atoms with van der Waals surface area (Å²) in [6.45, 7) is 6.26. The summed E-state index contributed by atoms with van der Waals surface area (Å²) in [6.07, 6.45) is 9.34. The van der Waals surface area contributed by atoms with Gasteiger partial charge < -0.3 is 20.8 Å². The average molecular weight is 515 g/mol. The molecular formula is C28H34N8O2. The van der Waals surface area contributed by atoms with Crippen molar-refractivity contribution in [2.75, 3.05) is 14.1 Å². The Balaban J connectivity index is 1.44. The van der Waals surface area contributed by atoms with Gasteiger partial charge in [-0.05, 0) is 55.4 Å². The normalized spacial score (nSPS) is 26.2. The number of nitrogens with zero attached hydrogens (tertiary/aromatic N) is 5. The molecule has 10 heteroatoms. The van der Waals surface area contributed by atoms with Gasteiger partial charge in [0.25, 0.3) is 0 Å². The van der Waals surface area contributed by atoms with E-state index in [1.807, 2.05) is 13.0 Å². The number of carbonyl (C=O) groups is 1. The van der Waals surface area contributed by atoms with Gasteiger partial charge in [-0.25, -0.2) is 4.99 Å². The fourth-order valence-electron chi connectivity index (χ4n) is 5.36. The zero-order valence-corrected chi connectivity index (χ0v) is 22.4. The van der Waals surface area contributed by atoms with Crippen molar-refractivity contribution in [2.24, 2.45) is 16.6 Å². The van der Waals surface area contributed by atoms with E-state index in [4.69, 9.17) is 15.6 Å². The van der Waals surface area contributed by atoms with Gasteiger partial charge in [-0.2, -0.15) is 10.4 Å². The van der Waals surface area contributed by atoms with Crippen molar-refractivity contribution in [3.05, 3.63) is 71.3 Å². The number of aliphatic imine (C=N–C) groups is 1. The molecule has 1 aromatic heterocycles. The number of nitrogens with two attached hydrogens (primary N) is 1. The third-order valence-electron chi connectivity index (χ3n) is 8.13. The Kier molecular flexibility index (Phi) is 6.07. The first-order chi connectivity index (χ1) is 18.0. The van der Waals surface area contributed by atoms with Crippen molar-refractivity contribution in [3.63, 3.8) is 0 Å². The second kappa shape index (κ2) is 9.03. The number of carbonyl (C=O) groups excluding carboxylic acids is 1. The van der Waals surface area contributed by atoms with Crippen LogP contribution in [0.4, 0.5) is 0 Å². The highest BCUT2D eigenvalue weighted by Crippen LogP contribution is 2.54. The first-order valence-corrected chi connectivity index (χ1v) is 12.7. The number of hydrogen-bond donors (Lipinski definition) is 3. The number of benzene rings is 1. The second-order valence-electron chi connectivity index (χ2n) is 11.0. The Hall–Kier alpha value is -4.10. The van der Waals surface area contributed by atoms with Crippen LogP contribution in [-0.4, -0.2) is 51.8 Å². The number of rotatable bonds is 7. The molecule has 3 heterocycles. The molecule has 198 valence electrons. The van der Waals surface area contributed by atoms with Crippen LogP contribution >= 0.6 is 0 Å². The first kappa shape index (κ1) is 25.5. The molecule has 1 aliphatic carbocycles. The molecule has 5 rings (SSSR count). The Morgan fingerprint density at radius 3 is 2.61 bits per heavy atom.